The highest BCUT2D eigenvalue weighted by molar-refractivity contribution is 6.34. The Morgan fingerprint density at radius 3 is 2.21 bits per heavy atom. The first-order valence-electron chi connectivity index (χ1n) is 13.8. The molecule has 3 amide bonds. The van der Waals surface area contributed by atoms with Gasteiger partial charge in [-0.15, -0.1) is 0 Å². The topological polar surface area (TPSA) is 81.8 Å². The summed E-state index contributed by atoms with van der Waals surface area (Å²) in [6.07, 6.45) is 0.599. The van der Waals surface area contributed by atoms with Crippen LogP contribution in [0.25, 0.3) is 0 Å². The van der Waals surface area contributed by atoms with E-state index in [1.54, 1.807) is 71.6 Å². The third-order valence-corrected chi connectivity index (χ3v) is 7.54. The van der Waals surface area contributed by atoms with Gasteiger partial charge in [-0.2, -0.15) is 0 Å². The standard InChI is InChI=1S/C33H29ClF2N4O3/c34-28-8-3-1-6-25(28)32(42)38-24-14-15-30(27(20-24)31(41)37-21-22-10-12-23(35)13-11-22)39-16-5-17-40(19-18-39)33(43)26-7-2-4-9-29(26)36/h1-4,6-15,20H,5,16-19,21H2,(H,37,41)(H,38,42). The van der Waals surface area contributed by atoms with Crippen molar-refractivity contribution in [2.45, 2.75) is 13.0 Å². The first kappa shape index (κ1) is 29.7. The summed E-state index contributed by atoms with van der Waals surface area (Å²) < 4.78 is 27.6. The minimum absolute atomic E-state index is 0.0235. The molecule has 0 saturated carbocycles. The number of hydrogen-bond donors (Lipinski definition) is 2. The Morgan fingerprint density at radius 1 is 0.744 bits per heavy atom. The minimum Gasteiger partial charge on any atom is -0.369 e. The van der Waals surface area contributed by atoms with Crippen molar-refractivity contribution in [1.29, 1.82) is 0 Å². The number of carbonyl (C=O) groups is 3. The van der Waals surface area contributed by atoms with Crippen LogP contribution in [0.4, 0.5) is 20.2 Å². The number of nitrogens with one attached hydrogen (secondary N) is 2. The first-order valence-corrected chi connectivity index (χ1v) is 14.2. The number of carbonyl (C=O) groups excluding carboxylic acids is 3. The van der Waals surface area contributed by atoms with Crippen molar-refractivity contribution < 1.29 is 23.2 Å². The Morgan fingerprint density at radius 2 is 1.47 bits per heavy atom. The van der Waals surface area contributed by atoms with Gasteiger partial charge in [0.25, 0.3) is 17.7 Å². The van der Waals surface area contributed by atoms with E-state index >= 15 is 0 Å². The summed E-state index contributed by atoms with van der Waals surface area (Å²) in [5.41, 5.74) is 2.36. The fourth-order valence-corrected chi connectivity index (χ4v) is 5.18. The molecule has 1 saturated heterocycles. The van der Waals surface area contributed by atoms with Gasteiger partial charge in [-0.1, -0.05) is 48.0 Å². The largest absolute Gasteiger partial charge is 0.369 e. The molecule has 0 aliphatic carbocycles. The van der Waals surface area contributed by atoms with E-state index in [2.05, 4.69) is 10.6 Å². The molecule has 1 heterocycles. The summed E-state index contributed by atoms with van der Waals surface area (Å²) in [7, 11) is 0. The molecule has 10 heteroatoms. The van der Waals surface area contributed by atoms with Crippen molar-refractivity contribution in [3.8, 4) is 0 Å². The van der Waals surface area contributed by atoms with E-state index in [1.807, 2.05) is 4.90 Å². The average molecular weight is 603 g/mol. The predicted molar refractivity (Wildman–Crippen MR) is 163 cm³/mol. The summed E-state index contributed by atoms with van der Waals surface area (Å²) in [5, 5.41) is 5.99. The van der Waals surface area contributed by atoms with Crippen molar-refractivity contribution >= 4 is 40.7 Å². The van der Waals surface area contributed by atoms with E-state index in [1.165, 1.54) is 24.3 Å². The van der Waals surface area contributed by atoms with E-state index in [0.717, 1.165) is 5.56 Å². The molecule has 7 nitrogen and oxygen atoms in total. The van der Waals surface area contributed by atoms with E-state index < -0.39 is 17.6 Å². The van der Waals surface area contributed by atoms with Crippen LogP contribution >= 0.6 is 11.6 Å². The maximum atomic E-state index is 14.3. The molecule has 0 radical (unpaired) electrons. The first-order chi connectivity index (χ1) is 20.8. The zero-order chi connectivity index (χ0) is 30.3. The predicted octanol–water partition coefficient (Wildman–Crippen LogP) is 6.15. The fraction of sp³-hybridized carbons (Fsp3) is 0.182. The van der Waals surface area contributed by atoms with E-state index in [0.29, 0.717) is 60.1 Å². The number of hydrogen-bond acceptors (Lipinski definition) is 4. The highest BCUT2D eigenvalue weighted by Gasteiger charge is 2.25. The van der Waals surface area contributed by atoms with Gasteiger partial charge in [0.2, 0.25) is 0 Å². The summed E-state index contributed by atoms with van der Waals surface area (Å²) in [4.78, 5) is 43.1. The Hall–Kier alpha value is -4.76. The van der Waals surface area contributed by atoms with Crippen molar-refractivity contribution in [3.05, 3.63) is 130 Å². The van der Waals surface area contributed by atoms with Gasteiger partial charge in [-0.25, -0.2) is 8.78 Å². The highest BCUT2D eigenvalue weighted by Crippen LogP contribution is 2.27. The van der Waals surface area contributed by atoms with Gasteiger partial charge in [0, 0.05) is 44.1 Å². The van der Waals surface area contributed by atoms with Crippen LogP contribution in [0.2, 0.25) is 5.02 Å². The second-order valence-electron chi connectivity index (χ2n) is 10.1. The van der Waals surface area contributed by atoms with Gasteiger partial charge < -0.3 is 20.4 Å². The molecule has 1 aliphatic heterocycles. The maximum absolute atomic E-state index is 14.3. The number of amides is 3. The molecule has 1 fully saturated rings. The molecule has 220 valence electrons. The average Bonchev–Trinajstić information content (AvgIpc) is 3.27. The number of benzene rings is 4. The maximum Gasteiger partial charge on any atom is 0.257 e. The number of rotatable bonds is 7. The summed E-state index contributed by atoms with van der Waals surface area (Å²) in [6.45, 7) is 1.88. The van der Waals surface area contributed by atoms with Crippen LogP contribution < -0.4 is 15.5 Å². The van der Waals surface area contributed by atoms with E-state index in [4.69, 9.17) is 11.6 Å². The second-order valence-corrected chi connectivity index (χ2v) is 10.5. The third kappa shape index (κ3) is 7.18. The minimum atomic E-state index is -0.567. The van der Waals surface area contributed by atoms with Crippen LogP contribution in [0, 0.1) is 11.6 Å². The van der Waals surface area contributed by atoms with Crippen molar-refractivity contribution in [3.63, 3.8) is 0 Å². The number of nitrogens with zero attached hydrogens (tertiary/aromatic N) is 2. The monoisotopic (exact) mass is 602 g/mol. The molecule has 0 spiro atoms. The van der Waals surface area contributed by atoms with E-state index in [-0.39, 0.29) is 23.8 Å². The van der Waals surface area contributed by atoms with E-state index in [9.17, 15) is 23.2 Å². The van der Waals surface area contributed by atoms with Crippen molar-refractivity contribution in [2.24, 2.45) is 0 Å². The van der Waals surface area contributed by atoms with Crippen molar-refractivity contribution in [2.75, 3.05) is 36.4 Å². The quantitative estimate of drug-likeness (QED) is 0.266. The Kier molecular flexibility index (Phi) is 9.32. The SMILES string of the molecule is O=C(Nc1ccc(N2CCCN(C(=O)c3ccccc3F)CC2)c(C(=O)NCc2ccc(F)cc2)c1)c1ccccc1Cl. The Labute approximate surface area is 253 Å². The molecule has 0 bridgehead atoms. The highest BCUT2D eigenvalue weighted by atomic mass is 35.5. The van der Waals surface area contributed by atoms with Crippen LogP contribution in [-0.4, -0.2) is 48.8 Å². The molecule has 0 unspecified atom stereocenters. The van der Waals surface area contributed by atoms with Gasteiger partial charge >= 0.3 is 0 Å². The molecule has 5 rings (SSSR count). The summed E-state index contributed by atoms with van der Waals surface area (Å²) in [6, 6.07) is 23.4. The molecule has 4 aromatic carbocycles. The molecule has 2 N–H and O–H groups in total. The summed E-state index contributed by atoms with van der Waals surface area (Å²) >= 11 is 6.20. The zero-order valence-corrected chi connectivity index (χ0v) is 23.9. The lowest BCUT2D eigenvalue weighted by atomic mass is 10.1. The lowest BCUT2D eigenvalue weighted by Crippen LogP contribution is -2.36. The number of anilines is 2. The summed E-state index contributed by atoms with van der Waals surface area (Å²) in [5.74, 6) is -2.13. The zero-order valence-electron chi connectivity index (χ0n) is 23.2. The fourth-order valence-electron chi connectivity index (χ4n) is 4.96. The molecular formula is C33H29ClF2N4O3. The number of halogens is 3. The van der Waals surface area contributed by atoms with Crippen LogP contribution in [0.15, 0.2) is 91.0 Å². The van der Waals surface area contributed by atoms with Gasteiger partial charge in [-0.05, 0) is 66.6 Å². The molecule has 0 aromatic heterocycles. The lowest BCUT2D eigenvalue weighted by Gasteiger charge is -2.26. The Balaban J connectivity index is 1.38. The van der Waals surface area contributed by atoms with Crippen molar-refractivity contribution in [1.82, 2.24) is 10.2 Å². The van der Waals surface area contributed by atoms with Crippen LogP contribution in [0.3, 0.4) is 0 Å². The van der Waals surface area contributed by atoms with Crippen LogP contribution in [0.1, 0.15) is 43.1 Å². The van der Waals surface area contributed by atoms with Crippen LogP contribution in [0.5, 0.6) is 0 Å². The lowest BCUT2D eigenvalue weighted by molar-refractivity contribution is 0.0761. The van der Waals surface area contributed by atoms with Gasteiger partial charge in [-0.3, -0.25) is 14.4 Å². The van der Waals surface area contributed by atoms with Gasteiger partial charge in [0.05, 0.1) is 21.7 Å². The smallest absolute Gasteiger partial charge is 0.257 e. The molecule has 4 aromatic rings. The van der Waals surface area contributed by atoms with Gasteiger partial charge in [0.1, 0.15) is 11.6 Å². The third-order valence-electron chi connectivity index (χ3n) is 7.21. The van der Waals surface area contributed by atoms with Crippen LogP contribution in [-0.2, 0) is 6.54 Å². The normalized spacial score (nSPS) is 13.3. The molecule has 43 heavy (non-hydrogen) atoms. The van der Waals surface area contributed by atoms with Gasteiger partial charge in [0.15, 0.2) is 0 Å². The molecular weight excluding hydrogens is 574 g/mol. The second kappa shape index (κ2) is 13.5. The Bertz CT molecular complexity index is 1650. The molecule has 0 atom stereocenters. The molecule has 1 aliphatic rings.